The van der Waals surface area contributed by atoms with Crippen LogP contribution in [0.4, 0.5) is 4.79 Å². The third kappa shape index (κ3) is 24.6. The van der Waals surface area contributed by atoms with Gasteiger partial charge in [-0.1, -0.05) is 127 Å². The Morgan fingerprint density at radius 1 is 0.606 bits per heavy atom. The number of carbonyl (C=O) groups excluding carboxylic acids is 10. The molecule has 5 saturated heterocycles. The highest BCUT2D eigenvalue weighted by Crippen LogP contribution is 2.46. The number of halogens is 3. The summed E-state index contributed by atoms with van der Waals surface area (Å²) < 4.78 is 115. The van der Waals surface area contributed by atoms with E-state index < -0.39 is 214 Å². The molecular weight excluding hydrogens is 1460 g/mol. The molecule has 5 aliphatic heterocycles. The van der Waals surface area contributed by atoms with Gasteiger partial charge in [-0.05, 0) is 34.9 Å². The van der Waals surface area contributed by atoms with E-state index in [2.05, 4.69) is 30.3 Å². The van der Waals surface area contributed by atoms with Crippen molar-refractivity contribution in [3.05, 3.63) is 102 Å². The van der Waals surface area contributed by atoms with Crippen LogP contribution in [0.25, 0.3) is 0 Å². The lowest BCUT2D eigenvalue weighted by Crippen LogP contribution is -2.78. The molecule has 8 rings (SSSR count). The van der Waals surface area contributed by atoms with Crippen molar-refractivity contribution in [3.8, 4) is 5.75 Å². The summed E-state index contributed by atoms with van der Waals surface area (Å²) in [5.74, 6) is -14.8. The molecular formula is C69H89Cl3N2O29Si. The second-order valence-corrected chi connectivity index (χ2v) is 34.1. The SMILES string of the molecule is COC(=O)[C@@]1(O[C@H]2C[C@@]3(OC[C@H]4O[C@@H](OCC[Si](C)(C)C)[C@H](OCc5ccc(OC)cc5)[C@@H](OCc5ccccc5)[C@@H]4OCc4ccccc4)O[C@@H]([C@H](OC(C)=O)[C@@H](COC(C)=O)OC(C)=O)[C@@H]2NC3=O)C[C@H](OC(C)=O)[C@@H](NC(=O)OCC(Cl)(Cl)Cl)[C@H]([C@H](OC(C)=O)[C@@H](COC(C)=O)OC(C)=O)O1. The molecule has 5 aliphatic rings. The van der Waals surface area contributed by atoms with Crippen LogP contribution in [0.5, 0.6) is 5.75 Å². The van der Waals surface area contributed by atoms with Crippen molar-refractivity contribution < 1.29 is 138 Å². The number of esters is 8. The molecule has 35 heteroatoms. The van der Waals surface area contributed by atoms with Gasteiger partial charge in [0.15, 0.2) is 30.7 Å². The van der Waals surface area contributed by atoms with Gasteiger partial charge in [-0.3, -0.25) is 38.4 Å². The fraction of sp³-hybridized carbons (Fsp3) is 0.594. The summed E-state index contributed by atoms with van der Waals surface area (Å²) in [5.41, 5.74) is 2.22. The minimum absolute atomic E-state index is 0.000740. The van der Waals surface area contributed by atoms with Gasteiger partial charge in [-0.15, -0.1) is 0 Å². The van der Waals surface area contributed by atoms with Crippen LogP contribution < -0.4 is 15.4 Å². The predicted octanol–water partition coefficient (Wildman–Crippen LogP) is 6.12. The van der Waals surface area contributed by atoms with Gasteiger partial charge < -0.3 is 101 Å². The van der Waals surface area contributed by atoms with E-state index in [1.165, 1.54) is 0 Å². The summed E-state index contributed by atoms with van der Waals surface area (Å²) in [6.07, 6.45) is -24.8. The van der Waals surface area contributed by atoms with Crippen molar-refractivity contribution in [2.45, 2.75) is 214 Å². The van der Waals surface area contributed by atoms with E-state index in [-0.39, 0.29) is 26.4 Å². The second kappa shape index (κ2) is 38.3. The van der Waals surface area contributed by atoms with Crippen molar-refractivity contribution >= 4 is 103 Å². The summed E-state index contributed by atoms with van der Waals surface area (Å²) in [6, 6.07) is 22.7. The maximum Gasteiger partial charge on any atom is 0.407 e. The summed E-state index contributed by atoms with van der Waals surface area (Å²) in [6.45, 7) is 10.2. The topological polar surface area (TPSA) is 370 Å². The van der Waals surface area contributed by atoms with Crippen LogP contribution in [0.3, 0.4) is 0 Å². The van der Waals surface area contributed by atoms with Crippen molar-refractivity contribution in [3.63, 3.8) is 0 Å². The molecule has 0 aliphatic carbocycles. The molecule has 5 heterocycles. The Balaban J connectivity index is 1.43. The molecule has 5 fully saturated rings. The number of morpholine rings is 1. The number of alkyl carbamates (subject to hydrolysis) is 1. The molecule has 2 amide bonds. The van der Waals surface area contributed by atoms with Gasteiger partial charge in [0.2, 0.25) is 3.79 Å². The Morgan fingerprint density at radius 2 is 1.12 bits per heavy atom. The van der Waals surface area contributed by atoms with Crippen molar-refractivity contribution in [1.82, 2.24) is 10.6 Å². The summed E-state index contributed by atoms with van der Waals surface area (Å²) in [5, 5.41) is 5.22. The molecule has 0 saturated carbocycles. The van der Waals surface area contributed by atoms with Crippen LogP contribution in [0.2, 0.25) is 25.7 Å². The number of methoxy groups -OCH3 is 2. The third-order valence-electron chi connectivity index (χ3n) is 16.5. The Kier molecular flexibility index (Phi) is 30.9. The standard InChI is InChI=1S/C69H89Cl3N2O29Si/c1-38(75)88-34-51(96-41(4)78)57(98-43(6)80)59-54(74-66(84)93-37-69(70,71)72)49(95-40(3)77)29-68(103-59,65(83)86-9)101-50-30-67(64(82)73-55(50)60(102-67)58(99-44(7)81)52(97-42(5)79)35-89-39(2)76)94-36-53-56(90-31-45-19-15-13-16-20-45)61(91-32-46-21-17-14-18-22-46)62(63(100-53)87-27-28-104(10,11)12)92-33-47-23-25-48(85-8)26-24-47/h13-26,49-63H,27-37H2,1-12H3,(H,73,82)(H,74,84)/t49-,50-,51+,52+,53+,54+,55+,56+,57+,58+,59+,60+,61-,62+,63+,67+,68+/m0/s1. The molecule has 0 aromatic heterocycles. The molecule has 17 atom stereocenters. The van der Waals surface area contributed by atoms with Crippen molar-refractivity contribution in [1.29, 1.82) is 0 Å². The minimum atomic E-state index is -3.07. The van der Waals surface area contributed by atoms with Gasteiger partial charge in [-0.2, -0.15) is 0 Å². The molecule has 2 bridgehead atoms. The first kappa shape index (κ1) is 84.0. The van der Waals surface area contributed by atoms with Gasteiger partial charge in [0, 0.05) is 69.6 Å². The van der Waals surface area contributed by atoms with Crippen molar-refractivity contribution in [2.24, 2.45) is 0 Å². The van der Waals surface area contributed by atoms with Crippen molar-refractivity contribution in [2.75, 3.05) is 47.3 Å². The van der Waals surface area contributed by atoms with Gasteiger partial charge in [0.05, 0.1) is 65.3 Å². The van der Waals surface area contributed by atoms with Crippen LogP contribution >= 0.6 is 34.8 Å². The number of amides is 2. The highest BCUT2D eigenvalue weighted by atomic mass is 35.6. The number of piperidine rings is 1. The largest absolute Gasteiger partial charge is 0.497 e. The lowest BCUT2D eigenvalue weighted by Gasteiger charge is -2.56. The second-order valence-electron chi connectivity index (χ2n) is 26.0. The smallest absolute Gasteiger partial charge is 0.407 e. The molecule has 0 unspecified atom stereocenters. The number of fused-ring (bicyclic) bond motifs is 3. The van der Waals surface area contributed by atoms with Gasteiger partial charge in [0.25, 0.3) is 17.5 Å². The fourth-order valence-corrected chi connectivity index (χ4v) is 12.8. The zero-order valence-electron chi connectivity index (χ0n) is 59.5. The number of alkyl halides is 3. The number of benzene rings is 3. The van der Waals surface area contributed by atoms with E-state index in [1.807, 2.05) is 72.8 Å². The molecule has 104 heavy (non-hydrogen) atoms. The summed E-state index contributed by atoms with van der Waals surface area (Å²) >= 11 is 17.8. The first-order valence-corrected chi connectivity index (χ1v) is 38.0. The maximum atomic E-state index is 15.4. The molecule has 2 N–H and O–H groups in total. The van der Waals surface area contributed by atoms with Gasteiger partial charge in [0.1, 0.15) is 68.3 Å². The lowest BCUT2D eigenvalue weighted by molar-refractivity contribution is -0.374. The average Bonchev–Trinajstić information content (AvgIpc) is 0.721. The van der Waals surface area contributed by atoms with Crippen LogP contribution in [-0.2, 0) is 148 Å². The molecule has 3 aromatic carbocycles. The maximum absolute atomic E-state index is 15.4. The minimum Gasteiger partial charge on any atom is -0.497 e. The molecule has 31 nitrogen and oxygen atoms in total. The molecule has 3 aromatic rings. The quantitative estimate of drug-likeness (QED) is 0.0289. The predicted molar refractivity (Wildman–Crippen MR) is 363 cm³/mol. The average molecular weight is 1540 g/mol. The van der Waals surface area contributed by atoms with Crippen LogP contribution in [0.15, 0.2) is 84.9 Å². The normalized spacial score (nSPS) is 26.3. The summed E-state index contributed by atoms with van der Waals surface area (Å²) in [4.78, 5) is 136. The zero-order valence-corrected chi connectivity index (χ0v) is 62.8. The van der Waals surface area contributed by atoms with Gasteiger partial charge in [-0.25, -0.2) is 9.59 Å². The van der Waals surface area contributed by atoms with Gasteiger partial charge >= 0.3 is 53.8 Å². The van der Waals surface area contributed by atoms with E-state index in [0.717, 1.165) is 72.3 Å². The van der Waals surface area contributed by atoms with E-state index in [4.69, 9.17) is 125 Å². The number of ether oxygens (including phenoxy) is 19. The first-order valence-electron chi connectivity index (χ1n) is 33.1. The highest BCUT2D eigenvalue weighted by molar-refractivity contribution is 6.76. The lowest BCUT2D eigenvalue weighted by atomic mass is 9.83. The Bertz CT molecular complexity index is 3410. The van der Waals surface area contributed by atoms with Crippen LogP contribution in [0.1, 0.15) is 78.0 Å². The van der Waals surface area contributed by atoms with Crippen LogP contribution in [-0.4, -0.2) is 222 Å². The molecule has 574 valence electrons. The first-order chi connectivity index (χ1) is 49.1. The Labute approximate surface area is 616 Å². The molecule has 0 spiro atoms. The monoisotopic (exact) mass is 1540 g/mol. The van der Waals surface area contributed by atoms with E-state index in [9.17, 15) is 38.4 Å². The molecule has 0 radical (unpaired) electrons. The number of carbonyl (C=O) groups is 10. The number of nitrogens with one attached hydrogen (secondary N) is 2. The highest BCUT2D eigenvalue weighted by Gasteiger charge is 2.67. The third-order valence-corrected chi connectivity index (χ3v) is 18.5. The Morgan fingerprint density at radius 3 is 1.62 bits per heavy atom. The van der Waals surface area contributed by atoms with Crippen LogP contribution in [0, 0.1) is 0 Å². The van der Waals surface area contributed by atoms with E-state index in [0.29, 0.717) is 11.8 Å². The number of hydrogen-bond acceptors (Lipinski definition) is 29. The number of hydrogen-bond donors (Lipinski definition) is 2. The summed E-state index contributed by atoms with van der Waals surface area (Å²) in [7, 11) is 0.609. The van der Waals surface area contributed by atoms with E-state index >= 15 is 9.59 Å². The zero-order chi connectivity index (χ0) is 76.3. The Hall–Kier alpha value is -7.31. The van der Waals surface area contributed by atoms with E-state index in [1.54, 1.807) is 19.2 Å². The fourth-order valence-electron chi connectivity index (χ4n) is 11.9. The number of rotatable bonds is 35.